The monoisotopic (exact) mass is 248 g/mol. The number of anilines is 2. The van der Waals surface area contributed by atoms with Gasteiger partial charge in [-0.25, -0.2) is 0 Å². The summed E-state index contributed by atoms with van der Waals surface area (Å²) in [6.07, 6.45) is 5.59. The van der Waals surface area contributed by atoms with E-state index in [-0.39, 0.29) is 5.91 Å². The summed E-state index contributed by atoms with van der Waals surface area (Å²) in [7, 11) is 0. The van der Waals surface area contributed by atoms with E-state index >= 15 is 0 Å². The van der Waals surface area contributed by atoms with Crippen LogP contribution < -0.4 is 10.6 Å². The maximum atomic E-state index is 11.2. The van der Waals surface area contributed by atoms with Crippen molar-refractivity contribution in [2.45, 2.75) is 46.0 Å². The summed E-state index contributed by atoms with van der Waals surface area (Å²) in [6, 6.07) is 7.88. The van der Waals surface area contributed by atoms with Crippen LogP contribution in [-0.2, 0) is 4.79 Å². The molecule has 0 aliphatic heterocycles. The van der Waals surface area contributed by atoms with Gasteiger partial charge in [0.1, 0.15) is 0 Å². The molecule has 0 unspecified atom stereocenters. The Bertz CT molecular complexity index is 346. The average Bonchev–Trinajstić information content (AvgIpc) is 2.40. The quantitative estimate of drug-likeness (QED) is 0.682. The molecule has 18 heavy (non-hydrogen) atoms. The molecule has 0 atom stereocenters. The van der Waals surface area contributed by atoms with Crippen molar-refractivity contribution in [2.75, 3.05) is 17.2 Å². The van der Waals surface area contributed by atoms with Crippen LogP contribution >= 0.6 is 0 Å². The van der Waals surface area contributed by atoms with Crippen molar-refractivity contribution < 1.29 is 4.79 Å². The molecule has 1 aromatic rings. The highest BCUT2D eigenvalue weighted by molar-refractivity contribution is 5.90. The van der Waals surface area contributed by atoms with Crippen molar-refractivity contribution in [1.29, 1.82) is 0 Å². The Morgan fingerprint density at radius 3 is 2.28 bits per heavy atom. The van der Waals surface area contributed by atoms with Gasteiger partial charge in [-0.05, 0) is 30.7 Å². The minimum absolute atomic E-state index is 0.0512. The molecular weight excluding hydrogens is 224 g/mol. The number of hydrogen-bond donors (Lipinski definition) is 2. The third kappa shape index (κ3) is 5.71. The number of unbranched alkanes of at least 4 members (excludes halogenated alkanes) is 3. The lowest BCUT2D eigenvalue weighted by Gasteiger charge is -2.08. The summed E-state index contributed by atoms with van der Waals surface area (Å²) in [5.74, 6) is 0.0512. The van der Waals surface area contributed by atoms with Crippen molar-refractivity contribution in [2.24, 2.45) is 0 Å². The molecule has 1 rings (SSSR count). The molecule has 0 bridgehead atoms. The third-order valence-corrected chi connectivity index (χ3v) is 2.85. The second kappa shape index (κ2) is 8.56. The molecule has 0 saturated heterocycles. The second-order valence-corrected chi connectivity index (χ2v) is 4.47. The lowest BCUT2D eigenvalue weighted by Crippen LogP contribution is -2.09. The normalized spacial score (nSPS) is 10.1. The average molecular weight is 248 g/mol. The molecule has 1 amide bonds. The minimum Gasteiger partial charge on any atom is -0.385 e. The minimum atomic E-state index is 0.0512. The van der Waals surface area contributed by atoms with Gasteiger partial charge in [0.05, 0.1) is 0 Å². The van der Waals surface area contributed by atoms with Crippen LogP contribution in [0.5, 0.6) is 0 Å². The second-order valence-electron chi connectivity index (χ2n) is 4.47. The molecule has 3 nitrogen and oxygen atoms in total. The molecule has 0 heterocycles. The molecule has 0 spiro atoms. The van der Waals surface area contributed by atoms with Gasteiger partial charge in [0.25, 0.3) is 0 Å². The number of hydrogen-bond acceptors (Lipinski definition) is 2. The van der Waals surface area contributed by atoms with Gasteiger partial charge in [-0.15, -0.1) is 0 Å². The lowest BCUT2D eigenvalue weighted by atomic mass is 10.2. The first kappa shape index (κ1) is 14.6. The van der Waals surface area contributed by atoms with Crippen LogP contribution in [0.25, 0.3) is 0 Å². The van der Waals surface area contributed by atoms with Crippen LogP contribution in [0.2, 0.25) is 0 Å². The van der Waals surface area contributed by atoms with E-state index in [4.69, 9.17) is 0 Å². The molecule has 3 heteroatoms. The highest BCUT2D eigenvalue weighted by atomic mass is 16.1. The number of nitrogens with one attached hydrogen (secondary N) is 2. The van der Waals surface area contributed by atoms with Gasteiger partial charge in [-0.3, -0.25) is 4.79 Å². The lowest BCUT2D eigenvalue weighted by molar-refractivity contribution is -0.115. The summed E-state index contributed by atoms with van der Waals surface area (Å²) < 4.78 is 0. The number of amides is 1. The maximum absolute atomic E-state index is 11.2. The molecule has 0 aliphatic carbocycles. The van der Waals surface area contributed by atoms with E-state index in [2.05, 4.69) is 17.6 Å². The van der Waals surface area contributed by atoms with Crippen LogP contribution in [0, 0.1) is 0 Å². The van der Waals surface area contributed by atoms with E-state index < -0.39 is 0 Å². The Morgan fingerprint density at radius 2 is 1.67 bits per heavy atom. The molecular formula is C15H24N2O. The molecule has 0 fully saturated rings. The first-order valence-electron chi connectivity index (χ1n) is 6.90. The predicted octanol–water partition coefficient (Wildman–Crippen LogP) is 4.03. The van der Waals surface area contributed by atoms with Crippen LogP contribution in [0.4, 0.5) is 11.4 Å². The number of carbonyl (C=O) groups excluding carboxylic acids is 1. The number of carbonyl (C=O) groups is 1. The van der Waals surface area contributed by atoms with Gasteiger partial charge in [-0.2, -0.15) is 0 Å². The van der Waals surface area contributed by atoms with Crippen LogP contribution in [0.3, 0.4) is 0 Å². The fourth-order valence-electron chi connectivity index (χ4n) is 1.71. The van der Waals surface area contributed by atoms with Crippen molar-refractivity contribution in [3.63, 3.8) is 0 Å². The van der Waals surface area contributed by atoms with Gasteiger partial charge in [0.2, 0.25) is 5.91 Å². The standard InChI is InChI=1S/C15H24N2O/c1-3-5-6-7-12-16-13-8-10-14(11-9-13)17-15(18)4-2/h8-11,16H,3-7,12H2,1-2H3,(H,17,18). The number of benzene rings is 1. The molecule has 0 aromatic heterocycles. The first-order chi connectivity index (χ1) is 8.76. The molecule has 2 N–H and O–H groups in total. The SMILES string of the molecule is CCCCCCNc1ccc(NC(=O)CC)cc1. The summed E-state index contributed by atoms with van der Waals surface area (Å²) in [5.41, 5.74) is 1.97. The van der Waals surface area contributed by atoms with Gasteiger partial charge in [0, 0.05) is 24.3 Å². The molecule has 100 valence electrons. The fourth-order valence-corrected chi connectivity index (χ4v) is 1.71. The Morgan fingerprint density at radius 1 is 1.00 bits per heavy atom. The van der Waals surface area contributed by atoms with Gasteiger partial charge < -0.3 is 10.6 Å². The summed E-state index contributed by atoms with van der Waals surface area (Å²) in [6.45, 7) is 5.08. The zero-order chi connectivity index (χ0) is 13.2. The zero-order valence-corrected chi connectivity index (χ0v) is 11.5. The van der Waals surface area contributed by atoms with Crippen molar-refractivity contribution in [3.05, 3.63) is 24.3 Å². The maximum Gasteiger partial charge on any atom is 0.224 e. The van der Waals surface area contributed by atoms with Gasteiger partial charge >= 0.3 is 0 Å². The van der Waals surface area contributed by atoms with E-state index in [1.165, 1.54) is 25.7 Å². The van der Waals surface area contributed by atoms with E-state index in [0.29, 0.717) is 6.42 Å². The smallest absolute Gasteiger partial charge is 0.224 e. The van der Waals surface area contributed by atoms with Crippen molar-refractivity contribution in [3.8, 4) is 0 Å². The zero-order valence-electron chi connectivity index (χ0n) is 11.5. The van der Waals surface area contributed by atoms with Gasteiger partial charge in [-0.1, -0.05) is 33.1 Å². The molecule has 0 saturated carbocycles. The Kier molecular flexibility index (Phi) is 6.92. The first-order valence-corrected chi connectivity index (χ1v) is 6.90. The van der Waals surface area contributed by atoms with E-state index in [1.54, 1.807) is 0 Å². The highest BCUT2D eigenvalue weighted by Gasteiger charge is 1.98. The van der Waals surface area contributed by atoms with Crippen LogP contribution in [0.15, 0.2) is 24.3 Å². The molecule has 1 aromatic carbocycles. The summed E-state index contributed by atoms with van der Waals surface area (Å²) >= 11 is 0. The van der Waals surface area contributed by atoms with Gasteiger partial charge in [0.15, 0.2) is 0 Å². The third-order valence-electron chi connectivity index (χ3n) is 2.85. The van der Waals surface area contributed by atoms with Crippen LogP contribution in [0.1, 0.15) is 46.0 Å². The fraction of sp³-hybridized carbons (Fsp3) is 0.533. The van der Waals surface area contributed by atoms with E-state index in [0.717, 1.165) is 17.9 Å². The van der Waals surface area contributed by atoms with E-state index in [9.17, 15) is 4.79 Å². The van der Waals surface area contributed by atoms with Crippen LogP contribution in [-0.4, -0.2) is 12.5 Å². The summed E-state index contributed by atoms with van der Waals surface area (Å²) in [4.78, 5) is 11.2. The molecule has 0 aliphatic rings. The predicted molar refractivity (Wildman–Crippen MR) is 78.0 cm³/mol. The largest absolute Gasteiger partial charge is 0.385 e. The van der Waals surface area contributed by atoms with E-state index in [1.807, 2.05) is 31.2 Å². The molecule has 0 radical (unpaired) electrons. The van der Waals surface area contributed by atoms with Crippen molar-refractivity contribution >= 4 is 17.3 Å². The topological polar surface area (TPSA) is 41.1 Å². The Balaban J connectivity index is 2.29. The Hall–Kier alpha value is -1.51. The summed E-state index contributed by atoms with van der Waals surface area (Å²) in [5, 5.41) is 6.22. The Labute approximate surface area is 110 Å². The van der Waals surface area contributed by atoms with Crippen molar-refractivity contribution in [1.82, 2.24) is 0 Å². The highest BCUT2D eigenvalue weighted by Crippen LogP contribution is 2.14. The number of rotatable bonds is 8.